The summed E-state index contributed by atoms with van der Waals surface area (Å²) in [6.45, 7) is 8.42. The van der Waals surface area contributed by atoms with Gasteiger partial charge in [0.2, 0.25) is 0 Å². The number of sulfonamides is 1. The summed E-state index contributed by atoms with van der Waals surface area (Å²) in [6.07, 6.45) is 4.03. The molecule has 0 aliphatic carbocycles. The van der Waals surface area contributed by atoms with Gasteiger partial charge >= 0.3 is 15.5 Å². The Morgan fingerprint density at radius 3 is 2.21 bits per heavy atom. The summed E-state index contributed by atoms with van der Waals surface area (Å²) in [5, 5.41) is 6.70. The molecule has 0 aromatic heterocycles. The first-order valence-corrected chi connectivity index (χ1v) is 11.9. The zero-order valence-corrected chi connectivity index (χ0v) is 18.2. The van der Waals surface area contributed by atoms with Crippen LogP contribution in [-0.2, 0) is 10.0 Å². The predicted octanol–water partition coefficient (Wildman–Crippen LogP) is 1.98. The Morgan fingerprint density at radius 2 is 1.69 bits per heavy atom. The van der Waals surface area contributed by atoms with Crippen LogP contribution in [0.5, 0.6) is 0 Å². The second-order valence-electron chi connectivity index (χ2n) is 7.77. The van der Waals surface area contributed by atoms with E-state index in [0.717, 1.165) is 51.4 Å². The highest BCUT2D eigenvalue weighted by molar-refractivity contribution is 7.90. The van der Waals surface area contributed by atoms with Crippen LogP contribution in [0, 0.1) is 5.92 Å². The Hall–Kier alpha value is -1.07. The zero-order valence-electron chi connectivity index (χ0n) is 17.3. The smallest absolute Gasteiger partial charge is 0.357 e. The van der Waals surface area contributed by atoms with Gasteiger partial charge in [0, 0.05) is 45.3 Å². The van der Waals surface area contributed by atoms with Gasteiger partial charge in [-0.3, -0.25) is 4.99 Å². The van der Waals surface area contributed by atoms with Crippen molar-refractivity contribution in [2.45, 2.75) is 57.5 Å². The lowest BCUT2D eigenvalue weighted by molar-refractivity contribution is -0.0496. The first-order valence-electron chi connectivity index (χ1n) is 10.5. The SMILES string of the molecule is CCCN1CCC(NC(=NCC2CCN(S(=O)(=O)C(F)(F)F)CC2)NCC)CC1. The molecule has 0 atom stereocenters. The molecule has 11 heteroatoms. The molecule has 0 amide bonds. The molecule has 0 radical (unpaired) electrons. The van der Waals surface area contributed by atoms with Crippen molar-refractivity contribution < 1.29 is 21.6 Å². The number of guanidine groups is 1. The number of nitrogens with one attached hydrogen (secondary N) is 2. The van der Waals surface area contributed by atoms with E-state index in [9.17, 15) is 21.6 Å². The lowest BCUT2D eigenvalue weighted by Gasteiger charge is -2.33. The Balaban J connectivity index is 1.82. The number of halogens is 3. The minimum absolute atomic E-state index is 0.0801. The molecule has 0 aromatic rings. The van der Waals surface area contributed by atoms with Crippen LogP contribution in [0.2, 0.25) is 0 Å². The molecule has 0 saturated carbocycles. The maximum atomic E-state index is 12.7. The van der Waals surface area contributed by atoms with Crippen LogP contribution in [0.1, 0.15) is 46.0 Å². The van der Waals surface area contributed by atoms with E-state index >= 15 is 0 Å². The molecule has 2 fully saturated rings. The van der Waals surface area contributed by atoms with E-state index < -0.39 is 15.5 Å². The van der Waals surface area contributed by atoms with E-state index in [1.807, 2.05) is 6.92 Å². The zero-order chi connectivity index (χ0) is 21.5. The van der Waals surface area contributed by atoms with Crippen molar-refractivity contribution >= 4 is 16.0 Å². The maximum Gasteiger partial charge on any atom is 0.511 e. The number of rotatable bonds is 7. The number of likely N-dealkylation sites (tertiary alicyclic amines) is 1. The number of aliphatic imine (C=N–C) groups is 1. The summed E-state index contributed by atoms with van der Waals surface area (Å²) in [5.41, 5.74) is -5.23. The van der Waals surface area contributed by atoms with Crippen LogP contribution in [-0.4, -0.2) is 80.9 Å². The molecule has 2 heterocycles. The molecule has 2 N–H and O–H groups in total. The fourth-order valence-corrected chi connectivity index (χ4v) is 4.81. The van der Waals surface area contributed by atoms with Crippen molar-refractivity contribution in [1.82, 2.24) is 19.8 Å². The van der Waals surface area contributed by atoms with Crippen LogP contribution in [0.4, 0.5) is 13.2 Å². The average molecular weight is 442 g/mol. The summed E-state index contributed by atoms with van der Waals surface area (Å²) >= 11 is 0. The highest BCUT2D eigenvalue weighted by Crippen LogP contribution is 2.30. The fourth-order valence-electron chi connectivity index (χ4n) is 3.83. The lowest BCUT2D eigenvalue weighted by atomic mass is 9.98. The molecular formula is C18H34F3N5O2S. The molecule has 7 nitrogen and oxygen atoms in total. The molecule has 0 bridgehead atoms. The minimum atomic E-state index is -5.23. The third-order valence-electron chi connectivity index (χ3n) is 5.53. The van der Waals surface area contributed by atoms with Crippen LogP contribution in [0.15, 0.2) is 4.99 Å². The van der Waals surface area contributed by atoms with E-state index in [2.05, 4.69) is 27.4 Å². The van der Waals surface area contributed by atoms with Crippen molar-refractivity contribution in [2.24, 2.45) is 10.9 Å². The van der Waals surface area contributed by atoms with Crippen LogP contribution >= 0.6 is 0 Å². The van der Waals surface area contributed by atoms with E-state index in [1.165, 1.54) is 0 Å². The van der Waals surface area contributed by atoms with Crippen molar-refractivity contribution in [1.29, 1.82) is 0 Å². The molecule has 0 spiro atoms. The Kier molecular flexibility index (Phi) is 9.02. The quantitative estimate of drug-likeness (QED) is 0.467. The first kappa shape index (κ1) is 24.2. The summed E-state index contributed by atoms with van der Waals surface area (Å²) in [7, 11) is -5.22. The van der Waals surface area contributed by atoms with Crippen molar-refractivity contribution in [3.8, 4) is 0 Å². The minimum Gasteiger partial charge on any atom is -0.357 e. The van der Waals surface area contributed by atoms with Crippen LogP contribution in [0.25, 0.3) is 0 Å². The summed E-state index contributed by atoms with van der Waals surface area (Å²) in [5.74, 6) is 0.809. The van der Waals surface area contributed by atoms with E-state index in [-0.39, 0.29) is 19.0 Å². The van der Waals surface area contributed by atoms with Crippen molar-refractivity contribution in [3.05, 3.63) is 0 Å². The van der Waals surface area contributed by atoms with Gasteiger partial charge in [-0.2, -0.15) is 17.5 Å². The number of alkyl halides is 3. The van der Waals surface area contributed by atoms with E-state index in [1.54, 1.807) is 0 Å². The first-order chi connectivity index (χ1) is 13.7. The topological polar surface area (TPSA) is 77.0 Å². The largest absolute Gasteiger partial charge is 0.511 e. The molecule has 2 rings (SSSR count). The highest BCUT2D eigenvalue weighted by Gasteiger charge is 2.50. The number of hydrogen-bond donors (Lipinski definition) is 2. The molecule has 2 saturated heterocycles. The van der Waals surface area contributed by atoms with Gasteiger partial charge in [0.05, 0.1) is 0 Å². The molecule has 170 valence electrons. The molecular weight excluding hydrogens is 407 g/mol. The van der Waals surface area contributed by atoms with Gasteiger partial charge in [-0.25, -0.2) is 8.42 Å². The second kappa shape index (κ2) is 10.8. The summed E-state index contributed by atoms with van der Waals surface area (Å²) in [4.78, 5) is 7.08. The van der Waals surface area contributed by atoms with Gasteiger partial charge in [0.15, 0.2) is 5.96 Å². The summed E-state index contributed by atoms with van der Waals surface area (Å²) in [6, 6.07) is 0.361. The number of nitrogens with zero attached hydrogens (tertiary/aromatic N) is 3. The Morgan fingerprint density at radius 1 is 1.07 bits per heavy atom. The highest BCUT2D eigenvalue weighted by atomic mass is 32.2. The van der Waals surface area contributed by atoms with Gasteiger partial charge in [-0.1, -0.05) is 6.92 Å². The van der Waals surface area contributed by atoms with Crippen molar-refractivity contribution in [3.63, 3.8) is 0 Å². The van der Waals surface area contributed by atoms with Gasteiger partial charge in [-0.05, 0) is 51.5 Å². The molecule has 29 heavy (non-hydrogen) atoms. The number of piperidine rings is 2. The Bertz CT molecular complexity index is 626. The maximum absolute atomic E-state index is 12.7. The normalized spacial score (nSPS) is 22.0. The molecule has 0 aromatic carbocycles. The number of hydrogen-bond acceptors (Lipinski definition) is 4. The lowest BCUT2D eigenvalue weighted by Crippen LogP contribution is -2.49. The van der Waals surface area contributed by atoms with Crippen molar-refractivity contribution in [2.75, 3.05) is 45.8 Å². The van der Waals surface area contributed by atoms with Gasteiger partial charge in [0.25, 0.3) is 0 Å². The fraction of sp³-hybridized carbons (Fsp3) is 0.944. The third-order valence-corrected chi connectivity index (χ3v) is 7.16. The molecule has 0 unspecified atom stereocenters. The second-order valence-corrected chi connectivity index (χ2v) is 9.70. The summed E-state index contributed by atoms with van der Waals surface area (Å²) < 4.78 is 61.6. The van der Waals surface area contributed by atoms with E-state index in [4.69, 9.17) is 0 Å². The van der Waals surface area contributed by atoms with Crippen LogP contribution in [0.3, 0.4) is 0 Å². The Labute approximate surface area is 172 Å². The van der Waals surface area contributed by atoms with Gasteiger partial charge in [0.1, 0.15) is 0 Å². The monoisotopic (exact) mass is 441 g/mol. The predicted molar refractivity (Wildman–Crippen MR) is 108 cm³/mol. The average Bonchev–Trinajstić information content (AvgIpc) is 2.67. The molecule has 2 aliphatic heterocycles. The van der Waals surface area contributed by atoms with Gasteiger partial charge in [-0.15, -0.1) is 0 Å². The molecule has 2 aliphatic rings. The van der Waals surface area contributed by atoms with E-state index in [0.29, 0.717) is 29.7 Å². The standard InChI is InChI=1S/C18H34F3N5O2S/c1-3-9-25-10-7-16(8-11-25)24-17(22-4-2)23-14-15-5-12-26(13-6-15)29(27,28)18(19,20)21/h15-16H,3-14H2,1-2H3,(H2,22,23,24). The van der Waals surface area contributed by atoms with Crippen LogP contribution < -0.4 is 10.6 Å². The third kappa shape index (κ3) is 6.99. The van der Waals surface area contributed by atoms with Gasteiger partial charge < -0.3 is 15.5 Å².